The zero-order chi connectivity index (χ0) is 14.5. The summed E-state index contributed by atoms with van der Waals surface area (Å²) in [7, 11) is 0. The lowest BCUT2D eigenvalue weighted by molar-refractivity contribution is 0.641. The van der Waals surface area contributed by atoms with Crippen LogP contribution in [0.4, 0.5) is 0 Å². The largest absolute Gasteiger partial charge is 0.327 e. The average molecular weight is 289 g/mol. The van der Waals surface area contributed by atoms with Crippen molar-refractivity contribution in [1.29, 1.82) is 0 Å². The minimum absolute atomic E-state index is 0.167. The monoisotopic (exact) mass is 289 g/mol. The molecule has 2 rings (SSSR count). The van der Waals surface area contributed by atoms with Crippen LogP contribution < -0.4 is 5.73 Å². The number of nitrogens with zero attached hydrogens (tertiary/aromatic N) is 4. The van der Waals surface area contributed by atoms with Gasteiger partial charge in [-0.25, -0.2) is 19.9 Å². The molecule has 0 saturated carbocycles. The fourth-order valence-electron chi connectivity index (χ4n) is 1.77. The molecule has 0 aromatic carbocycles. The standard InChI is InChI=1S/C14H19N5S/c1-4-12(15)6-11-7-16-13(17-8-11)20-14-18-9(2)5-10(3)19-14/h5,7-8,12H,4,6,15H2,1-3H3. The highest BCUT2D eigenvalue weighted by molar-refractivity contribution is 7.99. The van der Waals surface area contributed by atoms with E-state index in [-0.39, 0.29) is 6.04 Å². The molecule has 1 atom stereocenters. The van der Waals surface area contributed by atoms with Crippen LogP contribution in [0.15, 0.2) is 28.8 Å². The molecule has 0 fully saturated rings. The van der Waals surface area contributed by atoms with E-state index < -0.39 is 0 Å². The Morgan fingerprint density at radius 3 is 2.25 bits per heavy atom. The number of rotatable bonds is 5. The SMILES string of the molecule is CCC(N)Cc1cnc(Sc2nc(C)cc(C)n2)nc1. The molecule has 2 heterocycles. The van der Waals surface area contributed by atoms with E-state index in [2.05, 4.69) is 26.9 Å². The molecular weight excluding hydrogens is 270 g/mol. The maximum atomic E-state index is 5.92. The number of hydrogen-bond donors (Lipinski definition) is 1. The van der Waals surface area contributed by atoms with Gasteiger partial charge in [-0.3, -0.25) is 0 Å². The lowest BCUT2D eigenvalue weighted by Crippen LogP contribution is -2.21. The zero-order valence-corrected chi connectivity index (χ0v) is 12.8. The Hall–Kier alpha value is -1.53. The number of nitrogens with two attached hydrogens (primary N) is 1. The lowest BCUT2D eigenvalue weighted by Gasteiger charge is -2.08. The molecule has 1 unspecified atom stereocenters. The summed E-state index contributed by atoms with van der Waals surface area (Å²) < 4.78 is 0. The molecule has 0 bridgehead atoms. The quantitative estimate of drug-likeness (QED) is 0.851. The van der Waals surface area contributed by atoms with Crippen LogP contribution in [0.1, 0.15) is 30.3 Å². The number of aryl methyl sites for hydroxylation is 2. The van der Waals surface area contributed by atoms with Crippen LogP contribution in [0, 0.1) is 13.8 Å². The highest BCUT2D eigenvalue weighted by atomic mass is 32.2. The van der Waals surface area contributed by atoms with Gasteiger partial charge in [0.05, 0.1) is 0 Å². The second-order valence-corrected chi connectivity index (χ2v) is 5.72. The van der Waals surface area contributed by atoms with Crippen molar-refractivity contribution in [3.8, 4) is 0 Å². The first-order valence-electron chi connectivity index (χ1n) is 6.63. The first-order valence-corrected chi connectivity index (χ1v) is 7.45. The van der Waals surface area contributed by atoms with Crippen molar-refractivity contribution in [2.75, 3.05) is 0 Å². The van der Waals surface area contributed by atoms with E-state index >= 15 is 0 Å². The molecule has 5 nitrogen and oxygen atoms in total. The predicted molar refractivity (Wildman–Crippen MR) is 79.6 cm³/mol. The molecule has 0 aliphatic carbocycles. The Labute approximate surface area is 123 Å². The third kappa shape index (κ3) is 4.25. The van der Waals surface area contributed by atoms with Gasteiger partial charge in [-0.05, 0) is 50.1 Å². The molecule has 2 aromatic heterocycles. The molecule has 0 aliphatic heterocycles. The second kappa shape index (κ2) is 6.76. The maximum Gasteiger partial charge on any atom is 0.195 e. The third-order valence-electron chi connectivity index (χ3n) is 2.85. The van der Waals surface area contributed by atoms with Crippen molar-refractivity contribution in [3.63, 3.8) is 0 Å². The summed E-state index contributed by atoms with van der Waals surface area (Å²) in [6, 6.07) is 2.11. The molecule has 0 radical (unpaired) electrons. The van der Waals surface area contributed by atoms with E-state index in [9.17, 15) is 0 Å². The van der Waals surface area contributed by atoms with Crippen LogP contribution in [-0.2, 0) is 6.42 Å². The fraction of sp³-hybridized carbons (Fsp3) is 0.429. The van der Waals surface area contributed by atoms with Gasteiger partial charge in [-0.1, -0.05) is 6.92 Å². The van der Waals surface area contributed by atoms with Crippen LogP contribution in [-0.4, -0.2) is 26.0 Å². The molecule has 6 heteroatoms. The Balaban J connectivity index is 2.06. The number of hydrogen-bond acceptors (Lipinski definition) is 6. The van der Waals surface area contributed by atoms with Gasteiger partial charge in [0.25, 0.3) is 0 Å². The van der Waals surface area contributed by atoms with E-state index in [4.69, 9.17) is 5.73 Å². The summed E-state index contributed by atoms with van der Waals surface area (Å²) in [4.78, 5) is 17.4. The normalized spacial score (nSPS) is 12.4. The van der Waals surface area contributed by atoms with Gasteiger partial charge in [-0.15, -0.1) is 0 Å². The van der Waals surface area contributed by atoms with Crippen molar-refractivity contribution >= 4 is 11.8 Å². The Morgan fingerprint density at radius 2 is 1.70 bits per heavy atom. The van der Waals surface area contributed by atoms with Crippen molar-refractivity contribution < 1.29 is 0 Å². The van der Waals surface area contributed by atoms with Crippen LogP contribution in [0.5, 0.6) is 0 Å². The summed E-state index contributed by atoms with van der Waals surface area (Å²) in [6.07, 6.45) is 5.41. The van der Waals surface area contributed by atoms with E-state index in [1.165, 1.54) is 11.8 Å². The summed E-state index contributed by atoms with van der Waals surface area (Å²) in [5, 5.41) is 1.34. The van der Waals surface area contributed by atoms with E-state index in [0.29, 0.717) is 10.3 Å². The molecule has 0 spiro atoms. The highest BCUT2D eigenvalue weighted by Crippen LogP contribution is 2.21. The van der Waals surface area contributed by atoms with Crippen molar-refractivity contribution in [1.82, 2.24) is 19.9 Å². The Bertz CT molecular complexity index is 550. The highest BCUT2D eigenvalue weighted by Gasteiger charge is 2.07. The van der Waals surface area contributed by atoms with Crippen molar-refractivity contribution in [2.24, 2.45) is 5.73 Å². The topological polar surface area (TPSA) is 77.6 Å². The summed E-state index contributed by atoms with van der Waals surface area (Å²) in [5.41, 5.74) is 8.88. The minimum atomic E-state index is 0.167. The molecule has 106 valence electrons. The Kier molecular flexibility index (Phi) is 5.03. The lowest BCUT2D eigenvalue weighted by atomic mass is 10.1. The first-order chi connectivity index (χ1) is 9.56. The predicted octanol–water partition coefficient (Wildman–Crippen LogP) is 2.31. The van der Waals surface area contributed by atoms with Gasteiger partial charge in [0.1, 0.15) is 0 Å². The second-order valence-electron chi connectivity index (χ2n) is 4.78. The third-order valence-corrected chi connectivity index (χ3v) is 3.61. The molecule has 2 aromatic rings. The van der Waals surface area contributed by atoms with E-state index in [0.717, 1.165) is 29.8 Å². The first kappa shape index (κ1) is 14.9. The zero-order valence-electron chi connectivity index (χ0n) is 12.0. The smallest absolute Gasteiger partial charge is 0.195 e. The molecule has 2 N–H and O–H groups in total. The molecule has 0 saturated heterocycles. The fourth-order valence-corrected chi connectivity index (χ4v) is 2.52. The van der Waals surface area contributed by atoms with Gasteiger partial charge in [-0.2, -0.15) is 0 Å². The van der Waals surface area contributed by atoms with E-state index in [1.807, 2.05) is 32.3 Å². The molecule has 0 aliphatic rings. The van der Waals surface area contributed by atoms with Crippen LogP contribution in [0.2, 0.25) is 0 Å². The summed E-state index contributed by atoms with van der Waals surface area (Å²) in [5.74, 6) is 0. The van der Waals surface area contributed by atoms with Crippen LogP contribution in [0.3, 0.4) is 0 Å². The van der Waals surface area contributed by atoms with Crippen LogP contribution in [0.25, 0.3) is 0 Å². The molecule has 0 amide bonds. The van der Waals surface area contributed by atoms with Crippen LogP contribution >= 0.6 is 11.8 Å². The Morgan fingerprint density at radius 1 is 1.10 bits per heavy atom. The van der Waals surface area contributed by atoms with Crippen molar-refractivity contribution in [2.45, 2.75) is 50.0 Å². The average Bonchev–Trinajstić information content (AvgIpc) is 2.39. The van der Waals surface area contributed by atoms with Crippen molar-refractivity contribution in [3.05, 3.63) is 35.4 Å². The van der Waals surface area contributed by atoms with Gasteiger partial charge in [0.2, 0.25) is 0 Å². The van der Waals surface area contributed by atoms with Gasteiger partial charge in [0.15, 0.2) is 10.3 Å². The van der Waals surface area contributed by atoms with Gasteiger partial charge in [0, 0.05) is 29.8 Å². The molecule has 20 heavy (non-hydrogen) atoms. The maximum absolute atomic E-state index is 5.92. The van der Waals surface area contributed by atoms with Gasteiger partial charge < -0.3 is 5.73 Å². The minimum Gasteiger partial charge on any atom is -0.327 e. The van der Waals surface area contributed by atoms with E-state index in [1.54, 1.807) is 0 Å². The van der Waals surface area contributed by atoms with Gasteiger partial charge >= 0.3 is 0 Å². The molecular formula is C14H19N5S. The summed E-state index contributed by atoms with van der Waals surface area (Å²) in [6.45, 7) is 5.98. The number of aromatic nitrogens is 4. The summed E-state index contributed by atoms with van der Waals surface area (Å²) >= 11 is 1.37.